The minimum atomic E-state index is -0.229. The summed E-state index contributed by atoms with van der Waals surface area (Å²) in [4.78, 5) is 7.02. The van der Waals surface area contributed by atoms with Crippen molar-refractivity contribution in [2.24, 2.45) is 16.6 Å². The van der Waals surface area contributed by atoms with Crippen molar-refractivity contribution in [3.63, 3.8) is 0 Å². The maximum atomic E-state index is 13.6. The first-order valence-electron chi connectivity index (χ1n) is 10.7. The van der Waals surface area contributed by atoms with Gasteiger partial charge in [0.25, 0.3) is 6.02 Å². The van der Waals surface area contributed by atoms with Gasteiger partial charge in [-0.2, -0.15) is 0 Å². The highest BCUT2D eigenvalue weighted by Gasteiger charge is 2.31. The van der Waals surface area contributed by atoms with E-state index in [0.29, 0.717) is 6.02 Å². The summed E-state index contributed by atoms with van der Waals surface area (Å²) >= 11 is 0. The van der Waals surface area contributed by atoms with Gasteiger partial charge in [0.2, 0.25) is 0 Å². The van der Waals surface area contributed by atoms with Gasteiger partial charge in [-0.3, -0.25) is 5.73 Å². The van der Waals surface area contributed by atoms with Gasteiger partial charge in [0, 0.05) is 13.1 Å². The predicted octanol–water partition coefficient (Wildman–Crippen LogP) is 4.64. The van der Waals surface area contributed by atoms with Crippen LogP contribution in [0.3, 0.4) is 0 Å². The standard InChI is InChI=1S/C24H30FN3O/c25-21-11-9-20(10-12-21)23-22-8-4-3-7-19(22)14-16-28(23)24(29-17-26)27-15-13-18-5-1-2-6-18/h3-4,7-12,18,23H,1-2,5-6,13-17,26H2/t23-/m0/s1. The van der Waals surface area contributed by atoms with E-state index in [1.165, 1.54) is 48.9 Å². The zero-order valence-electron chi connectivity index (χ0n) is 16.9. The summed E-state index contributed by atoms with van der Waals surface area (Å²) in [7, 11) is 0. The van der Waals surface area contributed by atoms with Crippen molar-refractivity contribution in [2.75, 3.05) is 19.8 Å². The van der Waals surface area contributed by atoms with E-state index >= 15 is 0 Å². The Labute approximate surface area is 172 Å². The number of amidine groups is 1. The Kier molecular flexibility index (Phi) is 6.45. The van der Waals surface area contributed by atoms with E-state index < -0.39 is 0 Å². The molecule has 1 atom stereocenters. The molecule has 1 heterocycles. The Morgan fingerprint density at radius 3 is 2.62 bits per heavy atom. The van der Waals surface area contributed by atoms with Crippen LogP contribution in [0.2, 0.25) is 0 Å². The molecule has 0 amide bonds. The maximum absolute atomic E-state index is 13.6. The summed E-state index contributed by atoms with van der Waals surface area (Å²) < 4.78 is 19.4. The van der Waals surface area contributed by atoms with Crippen LogP contribution in [0.4, 0.5) is 4.39 Å². The lowest BCUT2D eigenvalue weighted by atomic mass is 9.88. The lowest BCUT2D eigenvalue weighted by Gasteiger charge is -2.38. The van der Waals surface area contributed by atoms with Crippen LogP contribution >= 0.6 is 0 Å². The molecule has 4 nitrogen and oxygen atoms in total. The maximum Gasteiger partial charge on any atom is 0.289 e. The van der Waals surface area contributed by atoms with Crippen molar-refractivity contribution in [1.82, 2.24) is 4.90 Å². The molecule has 4 rings (SSSR count). The molecule has 1 aliphatic carbocycles. The zero-order chi connectivity index (χ0) is 20.1. The summed E-state index contributed by atoms with van der Waals surface area (Å²) in [5.41, 5.74) is 9.31. The number of ether oxygens (including phenoxy) is 1. The zero-order valence-corrected chi connectivity index (χ0v) is 16.9. The molecule has 0 aromatic heterocycles. The van der Waals surface area contributed by atoms with E-state index in [1.54, 1.807) is 0 Å². The van der Waals surface area contributed by atoms with Gasteiger partial charge in [-0.05, 0) is 47.6 Å². The quantitative estimate of drug-likeness (QED) is 0.456. The number of halogens is 1. The van der Waals surface area contributed by atoms with Crippen molar-refractivity contribution in [3.8, 4) is 0 Å². The largest absolute Gasteiger partial charge is 0.449 e. The van der Waals surface area contributed by atoms with E-state index in [4.69, 9.17) is 15.5 Å². The molecule has 154 valence electrons. The van der Waals surface area contributed by atoms with E-state index in [9.17, 15) is 4.39 Å². The van der Waals surface area contributed by atoms with Crippen LogP contribution in [-0.4, -0.2) is 30.7 Å². The second-order valence-electron chi connectivity index (χ2n) is 8.01. The van der Waals surface area contributed by atoms with Crippen molar-refractivity contribution in [1.29, 1.82) is 0 Å². The van der Waals surface area contributed by atoms with Gasteiger partial charge in [-0.25, -0.2) is 9.38 Å². The van der Waals surface area contributed by atoms with Crippen molar-refractivity contribution in [2.45, 2.75) is 44.6 Å². The van der Waals surface area contributed by atoms with Crippen LogP contribution in [0.5, 0.6) is 0 Å². The van der Waals surface area contributed by atoms with Gasteiger partial charge in [0.05, 0.1) is 6.04 Å². The molecule has 0 spiro atoms. The van der Waals surface area contributed by atoms with Crippen LogP contribution in [0.15, 0.2) is 53.5 Å². The summed E-state index contributed by atoms with van der Waals surface area (Å²) in [5, 5.41) is 0. The Hall–Kier alpha value is -2.40. The van der Waals surface area contributed by atoms with Gasteiger partial charge in [0.15, 0.2) is 0 Å². The van der Waals surface area contributed by atoms with Crippen LogP contribution in [0, 0.1) is 11.7 Å². The average molecular weight is 396 g/mol. The molecule has 0 saturated heterocycles. The molecule has 2 aliphatic rings. The molecule has 5 heteroatoms. The number of nitrogens with zero attached hydrogens (tertiary/aromatic N) is 2. The third kappa shape index (κ3) is 4.61. The number of fused-ring (bicyclic) bond motifs is 1. The molecule has 2 aromatic carbocycles. The second kappa shape index (κ2) is 9.40. The van der Waals surface area contributed by atoms with Crippen LogP contribution < -0.4 is 5.73 Å². The Morgan fingerprint density at radius 1 is 1.10 bits per heavy atom. The molecule has 1 saturated carbocycles. The van der Waals surface area contributed by atoms with Crippen molar-refractivity contribution in [3.05, 3.63) is 71.0 Å². The fourth-order valence-electron chi connectivity index (χ4n) is 4.71. The predicted molar refractivity (Wildman–Crippen MR) is 114 cm³/mol. The van der Waals surface area contributed by atoms with E-state index in [0.717, 1.165) is 37.4 Å². The number of rotatable bonds is 5. The van der Waals surface area contributed by atoms with Crippen LogP contribution in [0.25, 0.3) is 0 Å². The normalized spacial score (nSPS) is 20.0. The number of nitrogens with two attached hydrogens (primary N) is 1. The summed E-state index contributed by atoms with van der Waals surface area (Å²) in [6.45, 7) is 1.64. The first-order valence-corrected chi connectivity index (χ1v) is 10.7. The first kappa shape index (κ1) is 19.9. The number of aliphatic imine (C=N–C) groups is 1. The van der Waals surface area contributed by atoms with Crippen molar-refractivity contribution >= 4 is 6.02 Å². The molecule has 1 fully saturated rings. The monoisotopic (exact) mass is 395 g/mol. The van der Waals surface area contributed by atoms with E-state index in [-0.39, 0.29) is 18.6 Å². The number of hydrogen-bond donors (Lipinski definition) is 1. The molecular formula is C24H30FN3O. The minimum absolute atomic E-state index is 0.0580. The van der Waals surface area contributed by atoms with Gasteiger partial charge in [-0.15, -0.1) is 0 Å². The summed E-state index contributed by atoms with van der Waals surface area (Å²) in [6, 6.07) is 15.7. The molecule has 0 bridgehead atoms. The minimum Gasteiger partial charge on any atom is -0.449 e. The average Bonchev–Trinajstić information content (AvgIpc) is 3.27. The molecule has 0 radical (unpaired) electrons. The third-order valence-electron chi connectivity index (χ3n) is 6.19. The lowest BCUT2D eigenvalue weighted by Crippen LogP contribution is -2.42. The summed E-state index contributed by atoms with van der Waals surface area (Å²) in [5.74, 6) is 0.556. The van der Waals surface area contributed by atoms with E-state index in [1.807, 2.05) is 12.1 Å². The lowest BCUT2D eigenvalue weighted by molar-refractivity contribution is 0.208. The molecular weight excluding hydrogens is 365 g/mol. The molecule has 2 N–H and O–H groups in total. The van der Waals surface area contributed by atoms with Gasteiger partial charge in [0.1, 0.15) is 12.5 Å². The first-order chi connectivity index (χ1) is 14.3. The van der Waals surface area contributed by atoms with Crippen LogP contribution in [-0.2, 0) is 11.2 Å². The fourth-order valence-corrected chi connectivity index (χ4v) is 4.71. The third-order valence-corrected chi connectivity index (χ3v) is 6.19. The Bertz CT molecular complexity index is 830. The Morgan fingerprint density at radius 2 is 1.86 bits per heavy atom. The highest BCUT2D eigenvalue weighted by molar-refractivity contribution is 5.75. The fraction of sp³-hybridized carbons (Fsp3) is 0.458. The molecule has 29 heavy (non-hydrogen) atoms. The van der Waals surface area contributed by atoms with Crippen LogP contribution in [0.1, 0.15) is 54.8 Å². The van der Waals surface area contributed by atoms with Gasteiger partial charge >= 0.3 is 0 Å². The number of benzene rings is 2. The summed E-state index contributed by atoms with van der Waals surface area (Å²) in [6.07, 6.45) is 7.34. The molecule has 0 unspecified atom stereocenters. The highest BCUT2D eigenvalue weighted by Crippen LogP contribution is 2.36. The topological polar surface area (TPSA) is 50.9 Å². The number of hydrogen-bond acceptors (Lipinski definition) is 3. The molecule has 2 aromatic rings. The van der Waals surface area contributed by atoms with Gasteiger partial charge in [-0.1, -0.05) is 62.1 Å². The second-order valence-corrected chi connectivity index (χ2v) is 8.01. The SMILES string of the molecule is NCOC(=NCCC1CCCC1)N1CCc2ccccc2[C@@H]1c1ccc(F)cc1. The smallest absolute Gasteiger partial charge is 0.289 e. The van der Waals surface area contributed by atoms with E-state index in [2.05, 4.69) is 29.2 Å². The Balaban J connectivity index is 1.63. The molecule has 1 aliphatic heterocycles. The van der Waals surface area contributed by atoms with Gasteiger partial charge < -0.3 is 9.64 Å². The highest BCUT2D eigenvalue weighted by atomic mass is 19.1. The van der Waals surface area contributed by atoms with Crippen molar-refractivity contribution < 1.29 is 9.13 Å².